The Balaban J connectivity index is 0.924. The van der Waals surface area contributed by atoms with Crippen LogP contribution < -0.4 is 25.2 Å². The highest BCUT2D eigenvalue weighted by Crippen LogP contribution is 2.45. The van der Waals surface area contributed by atoms with Crippen molar-refractivity contribution in [2.24, 2.45) is 5.92 Å². The summed E-state index contributed by atoms with van der Waals surface area (Å²) >= 11 is 0. The zero-order valence-electron chi connectivity index (χ0n) is 34.3. The van der Waals surface area contributed by atoms with Gasteiger partial charge in [-0.3, -0.25) is 34.7 Å². The molecule has 320 valence electrons. The number of ether oxygens (including phenoxy) is 3. The molecule has 8 rings (SSSR count). The molecule has 2 aromatic heterocycles. The van der Waals surface area contributed by atoms with E-state index in [2.05, 4.69) is 41.8 Å². The van der Waals surface area contributed by atoms with Crippen molar-refractivity contribution in [2.75, 3.05) is 47.9 Å². The molecular weight excluding hydrogens is 787 g/mol. The molecule has 2 unspecified atom stereocenters. The molecule has 18 nitrogen and oxygen atoms in total. The number of fused-ring (bicyclic) bond motifs is 1. The minimum absolute atomic E-state index is 0.0202. The van der Waals surface area contributed by atoms with Gasteiger partial charge in [-0.1, -0.05) is 38.1 Å². The Morgan fingerprint density at radius 1 is 0.934 bits per heavy atom. The molecule has 3 N–H and O–H groups in total. The number of rotatable bonds is 10. The van der Waals surface area contributed by atoms with Crippen LogP contribution in [0.5, 0.6) is 11.5 Å². The van der Waals surface area contributed by atoms with Crippen molar-refractivity contribution in [1.82, 2.24) is 30.2 Å². The number of nitrogens with zero attached hydrogens (tertiary/aromatic N) is 7. The second-order valence-corrected chi connectivity index (χ2v) is 16.0. The lowest BCUT2D eigenvalue weighted by molar-refractivity contribution is -0.168. The van der Waals surface area contributed by atoms with Gasteiger partial charge < -0.3 is 29.1 Å². The maximum atomic E-state index is 13.8. The lowest BCUT2D eigenvalue weighted by atomic mass is 9.80. The number of para-hydroxylation sites is 2. The number of amides is 4. The van der Waals surface area contributed by atoms with Crippen molar-refractivity contribution in [1.29, 1.82) is 0 Å². The van der Waals surface area contributed by atoms with Crippen molar-refractivity contribution in [2.45, 2.75) is 83.6 Å². The van der Waals surface area contributed by atoms with E-state index in [-0.39, 0.29) is 53.5 Å². The molecule has 61 heavy (non-hydrogen) atoms. The Hall–Kier alpha value is -6.56. The first-order valence-corrected chi connectivity index (χ1v) is 20.7. The Morgan fingerprint density at radius 2 is 1.74 bits per heavy atom. The number of benzene rings is 2. The summed E-state index contributed by atoms with van der Waals surface area (Å²) in [6.45, 7) is 7.15. The molecule has 3 aliphatic heterocycles. The minimum Gasteiger partial charge on any atom is -0.507 e. The molecule has 5 heterocycles. The standard InChI is InChI=1S/C43H49N9O9/c1-25(2)42(57)60-26(3)61-43(58)46-40-35(21-32(47-48-40)31-7-4-5-10-36(31)53)52-23-29(22-44-52)50-18-17-49(24-38(50)55)28-13-11-27(12-14-28)30-8-6-9-33-39(30)59-20-19-51(33)34-15-16-37(54)45-41(34)56/h4-10,21-23,25-28,34,53H,11-20,24H2,1-3H3,(H,45,54,56)(H,46,48,58). The number of esters is 1. The third-order valence-electron chi connectivity index (χ3n) is 11.7. The molecule has 1 aliphatic carbocycles. The monoisotopic (exact) mass is 835 g/mol. The number of piperidine rings is 1. The number of phenols is 1. The van der Waals surface area contributed by atoms with E-state index in [1.54, 1.807) is 55.4 Å². The van der Waals surface area contributed by atoms with E-state index >= 15 is 0 Å². The van der Waals surface area contributed by atoms with Crippen LogP contribution >= 0.6 is 0 Å². The van der Waals surface area contributed by atoms with E-state index in [9.17, 15) is 29.1 Å². The number of piperazine rings is 1. The molecule has 4 aliphatic rings. The van der Waals surface area contributed by atoms with Crippen LogP contribution in [-0.2, 0) is 28.7 Å². The number of carbonyl (C=O) groups excluding carboxylic acids is 5. The highest BCUT2D eigenvalue weighted by atomic mass is 16.7. The molecule has 1 saturated carbocycles. The summed E-state index contributed by atoms with van der Waals surface area (Å²) in [6.07, 6.45) is 5.60. The summed E-state index contributed by atoms with van der Waals surface area (Å²) in [5.74, 6) is -0.449. The Morgan fingerprint density at radius 3 is 2.49 bits per heavy atom. The minimum atomic E-state index is -1.17. The molecule has 4 aromatic rings. The van der Waals surface area contributed by atoms with E-state index in [0.29, 0.717) is 56.0 Å². The van der Waals surface area contributed by atoms with E-state index in [1.807, 2.05) is 12.1 Å². The molecule has 2 saturated heterocycles. The molecule has 18 heteroatoms. The van der Waals surface area contributed by atoms with Crippen LogP contribution in [0.2, 0.25) is 0 Å². The number of hydrogen-bond donors (Lipinski definition) is 3. The average molecular weight is 836 g/mol. The normalized spacial score (nSPS) is 21.3. The Labute approximate surface area is 352 Å². The van der Waals surface area contributed by atoms with Gasteiger partial charge in [0.1, 0.15) is 29.8 Å². The van der Waals surface area contributed by atoms with Gasteiger partial charge in [-0.2, -0.15) is 5.10 Å². The second-order valence-electron chi connectivity index (χ2n) is 16.0. The Kier molecular flexibility index (Phi) is 11.9. The maximum absolute atomic E-state index is 13.8. The number of hydrogen-bond acceptors (Lipinski definition) is 14. The van der Waals surface area contributed by atoms with E-state index in [4.69, 9.17) is 14.2 Å². The number of aromatic hydroxyl groups is 1. The molecule has 0 bridgehead atoms. The van der Waals surface area contributed by atoms with Gasteiger partial charge in [0.15, 0.2) is 5.82 Å². The predicted molar refractivity (Wildman–Crippen MR) is 221 cm³/mol. The van der Waals surface area contributed by atoms with Crippen LogP contribution in [0.3, 0.4) is 0 Å². The summed E-state index contributed by atoms with van der Waals surface area (Å²) in [5.41, 5.74) is 3.57. The van der Waals surface area contributed by atoms with Crippen LogP contribution in [0, 0.1) is 5.92 Å². The molecule has 2 aromatic carbocycles. The van der Waals surface area contributed by atoms with Gasteiger partial charge in [0.25, 0.3) is 0 Å². The SMILES string of the molecule is CC(OC(=O)Nc1nnc(-c2ccccc2O)cc1-n1cc(N2CCN(C3CCC(c4cccc5c4OCCN5C4CCC(=O)NC4=O)CC3)CC2=O)cn1)OC(=O)C(C)C. The Bertz CT molecular complexity index is 2330. The molecule has 4 amide bonds. The number of anilines is 3. The van der Waals surface area contributed by atoms with Gasteiger partial charge in [0, 0.05) is 38.0 Å². The summed E-state index contributed by atoms with van der Waals surface area (Å²) in [6, 6.07) is 14.2. The lowest BCUT2D eigenvalue weighted by Crippen LogP contribution is -2.54. The van der Waals surface area contributed by atoms with Crippen LogP contribution in [0.15, 0.2) is 60.9 Å². The maximum Gasteiger partial charge on any atom is 0.416 e. The van der Waals surface area contributed by atoms with E-state index < -0.39 is 30.3 Å². The molecular formula is C43H49N9O9. The lowest BCUT2D eigenvalue weighted by Gasteiger charge is -2.42. The quantitative estimate of drug-likeness (QED) is 0.114. The van der Waals surface area contributed by atoms with Gasteiger partial charge in [0.2, 0.25) is 24.0 Å². The first-order chi connectivity index (χ1) is 29.4. The molecule has 0 radical (unpaired) electrons. The zero-order valence-corrected chi connectivity index (χ0v) is 34.3. The van der Waals surface area contributed by atoms with Crippen molar-refractivity contribution in [3.05, 3.63) is 66.5 Å². The van der Waals surface area contributed by atoms with Crippen molar-refractivity contribution < 1.29 is 43.3 Å². The third kappa shape index (κ3) is 8.85. The van der Waals surface area contributed by atoms with Crippen LogP contribution in [-0.4, -0.2) is 111 Å². The average Bonchev–Trinajstić information content (AvgIpc) is 3.73. The highest BCUT2D eigenvalue weighted by Gasteiger charge is 2.38. The summed E-state index contributed by atoms with van der Waals surface area (Å²) in [4.78, 5) is 69.3. The van der Waals surface area contributed by atoms with Gasteiger partial charge in [-0.25, -0.2) is 9.48 Å². The summed E-state index contributed by atoms with van der Waals surface area (Å²) < 4.78 is 18.1. The second kappa shape index (κ2) is 17.6. The fourth-order valence-electron chi connectivity index (χ4n) is 8.60. The van der Waals surface area contributed by atoms with Crippen molar-refractivity contribution >= 4 is 47.0 Å². The van der Waals surface area contributed by atoms with Crippen LogP contribution in [0.1, 0.15) is 70.8 Å². The number of nitrogens with one attached hydrogen (secondary N) is 2. The molecule has 2 atom stereocenters. The number of aromatic nitrogens is 4. The first-order valence-electron chi connectivity index (χ1n) is 20.7. The fourth-order valence-corrected chi connectivity index (χ4v) is 8.60. The van der Waals surface area contributed by atoms with Crippen molar-refractivity contribution in [3.63, 3.8) is 0 Å². The van der Waals surface area contributed by atoms with Gasteiger partial charge in [-0.15, -0.1) is 10.2 Å². The highest BCUT2D eigenvalue weighted by molar-refractivity contribution is 6.02. The van der Waals surface area contributed by atoms with Crippen LogP contribution in [0.25, 0.3) is 16.9 Å². The van der Waals surface area contributed by atoms with Crippen molar-refractivity contribution in [3.8, 4) is 28.4 Å². The molecule has 3 fully saturated rings. The van der Waals surface area contributed by atoms with Gasteiger partial charge in [0.05, 0.1) is 48.5 Å². The van der Waals surface area contributed by atoms with Crippen LogP contribution in [0.4, 0.5) is 22.0 Å². The zero-order chi connectivity index (χ0) is 42.8. The predicted octanol–water partition coefficient (Wildman–Crippen LogP) is 4.51. The van der Waals surface area contributed by atoms with Gasteiger partial charge in [-0.05, 0) is 67.9 Å². The summed E-state index contributed by atoms with van der Waals surface area (Å²) in [5, 5.41) is 28.5. The first kappa shape index (κ1) is 41.2. The third-order valence-corrected chi connectivity index (χ3v) is 11.7. The smallest absolute Gasteiger partial charge is 0.416 e. The van der Waals surface area contributed by atoms with E-state index in [0.717, 1.165) is 42.7 Å². The number of phenolic OH excluding ortho intramolecular Hbond substituents is 1. The fraction of sp³-hybridized carbons (Fsp3) is 0.442. The topological polar surface area (TPSA) is 211 Å². The van der Waals surface area contributed by atoms with E-state index in [1.165, 1.54) is 17.7 Å². The summed E-state index contributed by atoms with van der Waals surface area (Å²) in [7, 11) is 0. The largest absolute Gasteiger partial charge is 0.507 e. The van der Waals surface area contributed by atoms with Gasteiger partial charge >= 0.3 is 12.1 Å². The number of carbonyl (C=O) groups is 5. The number of imide groups is 1. The molecule has 0 spiro atoms.